The molecular weight excluding hydrogens is 324 g/mol. The predicted molar refractivity (Wildman–Crippen MR) is 76.8 cm³/mol. The second-order valence-corrected chi connectivity index (χ2v) is 5.53. The van der Waals surface area contributed by atoms with Crippen molar-refractivity contribution in [3.8, 4) is 0 Å². The number of nitrogens with one attached hydrogen (secondary N) is 1. The molecule has 11 heteroatoms. The number of hydrogen-bond acceptors (Lipinski definition) is 8. The normalized spacial score (nSPS) is 25.8. The molecule has 4 N–H and O–H groups in total. The molecule has 11 nitrogen and oxygen atoms in total. The number of carboxylic acid groups (broad SMARTS) is 1. The number of azide groups is 1. The zero-order valence-corrected chi connectivity index (χ0v) is 13.1. The van der Waals surface area contributed by atoms with Gasteiger partial charge in [0.25, 0.3) is 0 Å². The molecule has 1 rings (SSSR count). The lowest BCUT2D eigenvalue weighted by Gasteiger charge is -2.39. The number of aliphatic carboxylic acids is 1. The van der Waals surface area contributed by atoms with Crippen LogP contribution < -0.4 is 10.4 Å². The number of amides is 1. The molecule has 1 amide bonds. The molecule has 0 aromatic rings. The number of aliphatic hydroxyl groups excluding tert-OH is 3. The number of rotatable bonds is 7. The Balaban J connectivity index is 3.26. The van der Waals surface area contributed by atoms with Crippen molar-refractivity contribution < 1.29 is 34.8 Å². The number of carbonyl (C=O) groups is 2. The van der Waals surface area contributed by atoms with E-state index in [1.165, 1.54) is 0 Å². The van der Waals surface area contributed by atoms with E-state index in [0.29, 0.717) is 0 Å². The first kappa shape index (κ1) is 19.7. The van der Waals surface area contributed by atoms with Crippen molar-refractivity contribution in [3.63, 3.8) is 0 Å². The lowest BCUT2D eigenvalue weighted by Crippen LogP contribution is -2.60. The molecule has 1 heterocycles. The molecule has 24 heavy (non-hydrogen) atoms. The summed E-state index contributed by atoms with van der Waals surface area (Å²) in [7, 11) is 0. The molecule has 0 aromatic heterocycles. The molecule has 0 spiro atoms. The van der Waals surface area contributed by atoms with E-state index in [1.807, 2.05) is 0 Å². The molecule has 5 atom stereocenters. The standard InChI is InChI=1S/C13H20N4O7/c1-5(2)12(21)15-9-6(16-17-14)3-8(13(22)23)24-11(9)10(20)7(19)4-18/h3,5-7,9-11,18-20H,4H2,1-2H3,(H,15,21)(H,22,23)/p-1/t6-,7+,9+,10+,11+/m0/s1. The molecule has 0 radical (unpaired) electrons. The minimum Gasteiger partial charge on any atom is -0.542 e. The Bertz CT molecular complexity index is 559. The predicted octanol–water partition coefficient (Wildman–Crippen LogP) is -2.45. The van der Waals surface area contributed by atoms with Crippen LogP contribution in [-0.4, -0.2) is 64.2 Å². The van der Waals surface area contributed by atoms with Crippen molar-refractivity contribution in [2.45, 2.75) is 44.2 Å². The van der Waals surface area contributed by atoms with Crippen LogP contribution in [0, 0.1) is 5.92 Å². The van der Waals surface area contributed by atoms with Gasteiger partial charge in [0.2, 0.25) is 5.91 Å². The van der Waals surface area contributed by atoms with E-state index in [0.717, 1.165) is 6.08 Å². The Morgan fingerprint density at radius 2 is 2.12 bits per heavy atom. The molecule has 0 aliphatic carbocycles. The molecule has 0 aromatic carbocycles. The van der Waals surface area contributed by atoms with E-state index in [9.17, 15) is 24.9 Å². The highest BCUT2D eigenvalue weighted by Gasteiger charge is 2.42. The lowest BCUT2D eigenvalue weighted by atomic mass is 9.92. The van der Waals surface area contributed by atoms with Crippen LogP contribution in [-0.2, 0) is 14.3 Å². The van der Waals surface area contributed by atoms with Gasteiger partial charge in [-0.05, 0) is 11.6 Å². The molecule has 1 aliphatic rings. The van der Waals surface area contributed by atoms with Crippen LogP contribution in [0.25, 0.3) is 10.4 Å². The molecule has 0 fully saturated rings. The Morgan fingerprint density at radius 3 is 2.58 bits per heavy atom. The fourth-order valence-corrected chi connectivity index (χ4v) is 2.10. The van der Waals surface area contributed by atoms with Gasteiger partial charge >= 0.3 is 0 Å². The van der Waals surface area contributed by atoms with Crippen molar-refractivity contribution in [3.05, 3.63) is 22.3 Å². The maximum absolute atomic E-state index is 11.9. The van der Waals surface area contributed by atoms with E-state index in [-0.39, 0.29) is 0 Å². The summed E-state index contributed by atoms with van der Waals surface area (Å²) in [6, 6.07) is -2.36. The summed E-state index contributed by atoms with van der Waals surface area (Å²) in [6.07, 6.45) is -3.97. The second kappa shape index (κ2) is 8.50. The van der Waals surface area contributed by atoms with Gasteiger partial charge in [0.05, 0.1) is 18.7 Å². The average molecular weight is 343 g/mol. The molecule has 0 saturated heterocycles. The second-order valence-electron chi connectivity index (χ2n) is 5.53. The van der Waals surface area contributed by atoms with Crippen LogP contribution in [0.4, 0.5) is 0 Å². The Kier molecular flexibility index (Phi) is 6.98. The zero-order chi connectivity index (χ0) is 18.4. The third-order valence-electron chi connectivity index (χ3n) is 3.44. The minimum absolute atomic E-state index is 0.455. The zero-order valence-electron chi connectivity index (χ0n) is 13.1. The van der Waals surface area contributed by atoms with Gasteiger partial charge in [-0.15, -0.1) is 0 Å². The van der Waals surface area contributed by atoms with Gasteiger partial charge in [0, 0.05) is 10.8 Å². The fourth-order valence-electron chi connectivity index (χ4n) is 2.10. The highest BCUT2D eigenvalue weighted by atomic mass is 16.5. The number of carbonyl (C=O) groups excluding carboxylic acids is 2. The van der Waals surface area contributed by atoms with Gasteiger partial charge in [-0.2, -0.15) is 0 Å². The quantitative estimate of drug-likeness (QED) is 0.224. The van der Waals surface area contributed by atoms with E-state index < -0.39 is 60.6 Å². The first-order valence-corrected chi connectivity index (χ1v) is 7.14. The Hall–Kier alpha value is -2.33. The summed E-state index contributed by atoms with van der Waals surface area (Å²) in [5.74, 6) is -3.36. The van der Waals surface area contributed by atoms with Gasteiger partial charge in [0.1, 0.15) is 30.0 Å². The molecule has 0 unspecified atom stereocenters. The van der Waals surface area contributed by atoms with E-state index >= 15 is 0 Å². The summed E-state index contributed by atoms with van der Waals surface area (Å²) in [5.41, 5.74) is 8.65. The van der Waals surface area contributed by atoms with Gasteiger partial charge in [-0.1, -0.05) is 19.0 Å². The van der Waals surface area contributed by atoms with E-state index in [2.05, 4.69) is 15.3 Å². The maximum atomic E-state index is 11.9. The average Bonchev–Trinajstić information content (AvgIpc) is 2.54. The van der Waals surface area contributed by atoms with E-state index in [4.69, 9.17) is 15.4 Å². The van der Waals surface area contributed by atoms with Crippen LogP contribution in [0.3, 0.4) is 0 Å². The number of ether oxygens (including phenoxy) is 1. The minimum atomic E-state index is -1.76. The van der Waals surface area contributed by atoms with Crippen molar-refractivity contribution in [1.29, 1.82) is 0 Å². The van der Waals surface area contributed by atoms with Crippen LogP contribution in [0.1, 0.15) is 13.8 Å². The third kappa shape index (κ3) is 4.59. The van der Waals surface area contributed by atoms with Crippen LogP contribution >= 0.6 is 0 Å². The van der Waals surface area contributed by atoms with E-state index in [1.54, 1.807) is 13.8 Å². The van der Waals surface area contributed by atoms with Gasteiger partial charge in [-0.25, -0.2) is 0 Å². The Labute approximate surface area is 137 Å². The molecule has 134 valence electrons. The van der Waals surface area contributed by atoms with Crippen LogP contribution in [0.2, 0.25) is 0 Å². The Morgan fingerprint density at radius 1 is 1.50 bits per heavy atom. The first-order chi connectivity index (χ1) is 11.2. The summed E-state index contributed by atoms with van der Waals surface area (Å²) >= 11 is 0. The van der Waals surface area contributed by atoms with Crippen molar-refractivity contribution in [2.75, 3.05) is 6.61 Å². The highest BCUT2D eigenvalue weighted by molar-refractivity contribution is 5.83. The summed E-state index contributed by atoms with van der Waals surface area (Å²) in [5, 5.41) is 45.6. The van der Waals surface area contributed by atoms with Crippen LogP contribution in [0.15, 0.2) is 16.9 Å². The van der Waals surface area contributed by atoms with Gasteiger partial charge in [0.15, 0.2) is 0 Å². The molecule has 0 bridgehead atoms. The summed E-state index contributed by atoms with van der Waals surface area (Å²) in [4.78, 5) is 25.5. The summed E-state index contributed by atoms with van der Waals surface area (Å²) < 4.78 is 5.08. The number of nitrogens with zero attached hydrogens (tertiary/aromatic N) is 3. The third-order valence-corrected chi connectivity index (χ3v) is 3.44. The van der Waals surface area contributed by atoms with Gasteiger partial charge < -0.3 is 35.3 Å². The smallest absolute Gasteiger partial charge is 0.222 e. The largest absolute Gasteiger partial charge is 0.542 e. The number of aliphatic hydroxyl groups is 3. The van der Waals surface area contributed by atoms with Crippen molar-refractivity contribution in [1.82, 2.24) is 5.32 Å². The topological polar surface area (TPSA) is 188 Å². The van der Waals surface area contributed by atoms with Crippen LogP contribution in [0.5, 0.6) is 0 Å². The molecule has 1 aliphatic heterocycles. The summed E-state index contributed by atoms with van der Waals surface area (Å²) in [6.45, 7) is 2.36. The maximum Gasteiger partial charge on any atom is 0.222 e. The lowest BCUT2D eigenvalue weighted by molar-refractivity contribution is -0.305. The monoisotopic (exact) mass is 343 g/mol. The molecular formula is C13H19N4O7-. The number of carboxylic acids is 1. The number of hydrogen-bond donors (Lipinski definition) is 4. The highest BCUT2D eigenvalue weighted by Crippen LogP contribution is 2.24. The van der Waals surface area contributed by atoms with Gasteiger partial charge in [-0.3, -0.25) is 4.79 Å². The SMILES string of the molecule is CC(C)C(=O)N[C@H]1[C@H]([C@H](O)[C@H](O)CO)OC(C(=O)[O-])=C[C@@H]1N=[N+]=[N-]. The fraction of sp³-hybridized carbons (Fsp3) is 0.692. The molecule has 0 saturated carbocycles. The first-order valence-electron chi connectivity index (χ1n) is 7.14. The van der Waals surface area contributed by atoms with Crippen molar-refractivity contribution >= 4 is 11.9 Å². The van der Waals surface area contributed by atoms with Crippen molar-refractivity contribution in [2.24, 2.45) is 11.0 Å².